The summed E-state index contributed by atoms with van der Waals surface area (Å²) < 4.78 is 16.7. The average Bonchev–Trinajstić information content (AvgIpc) is 3.23. The Morgan fingerprint density at radius 3 is 2.45 bits per heavy atom. The summed E-state index contributed by atoms with van der Waals surface area (Å²) in [7, 11) is 3.09. The highest BCUT2D eigenvalue weighted by atomic mass is 32.2. The van der Waals surface area contributed by atoms with Crippen LogP contribution in [0.1, 0.15) is 11.1 Å². The van der Waals surface area contributed by atoms with Gasteiger partial charge in [0.15, 0.2) is 11.5 Å². The number of hydrogen-bond acceptors (Lipinski definition) is 7. The van der Waals surface area contributed by atoms with Crippen LogP contribution in [0.15, 0.2) is 89.8 Å². The van der Waals surface area contributed by atoms with Crippen molar-refractivity contribution in [1.29, 1.82) is 0 Å². The molecule has 1 N–H and O–H groups in total. The third-order valence-corrected chi connectivity index (χ3v) is 7.21. The van der Waals surface area contributed by atoms with Gasteiger partial charge in [-0.2, -0.15) is 0 Å². The third-order valence-electron chi connectivity index (χ3n) is 6.30. The Bertz CT molecular complexity index is 1610. The second kappa shape index (κ2) is 12.0. The second-order valence-electron chi connectivity index (χ2n) is 8.88. The topological polar surface area (TPSA) is 94.2 Å². The van der Waals surface area contributed by atoms with Crippen molar-refractivity contribution in [3.8, 4) is 17.2 Å². The van der Waals surface area contributed by atoms with E-state index in [1.54, 1.807) is 62.8 Å². The first-order valence-electron chi connectivity index (χ1n) is 12.4. The molecule has 0 atom stereocenters. The van der Waals surface area contributed by atoms with E-state index in [-0.39, 0.29) is 4.91 Å². The highest BCUT2D eigenvalue weighted by Crippen LogP contribution is 2.35. The van der Waals surface area contributed by atoms with Gasteiger partial charge in [-0.1, -0.05) is 48.5 Å². The summed E-state index contributed by atoms with van der Waals surface area (Å²) in [6.45, 7) is -0.0349. The fourth-order valence-electron chi connectivity index (χ4n) is 4.27. The van der Waals surface area contributed by atoms with Crippen LogP contribution in [0.4, 0.5) is 10.5 Å². The summed E-state index contributed by atoms with van der Waals surface area (Å²) >= 11 is 0.786. The van der Waals surface area contributed by atoms with E-state index in [9.17, 15) is 14.4 Å². The predicted molar refractivity (Wildman–Crippen MR) is 156 cm³/mol. The zero-order chi connectivity index (χ0) is 28.1. The number of anilines is 1. The van der Waals surface area contributed by atoms with Gasteiger partial charge in [-0.15, -0.1) is 0 Å². The number of imide groups is 1. The van der Waals surface area contributed by atoms with Gasteiger partial charge in [0.05, 0.1) is 19.1 Å². The predicted octanol–water partition coefficient (Wildman–Crippen LogP) is 6.11. The number of nitrogens with one attached hydrogen (secondary N) is 1. The minimum Gasteiger partial charge on any atom is -0.497 e. The summed E-state index contributed by atoms with van der Waals surface area (Å²) in [4.78, 5) is 39.1. The number of hydrogen-bond donors (Lipinski definition) is 1. The van der Waals surface area contributed by atoms with Gasteiger partial charge in [0.2, 0.25) is 5.91 Å². The van der Waals surface area contributed by atoms with Crippen LogP contribution in [0, 0.1) is 0 Å². The molecule has 202 valence electrons. The number of fused-ring (bicyclic) bond motifs is 1. The summed E-state index contributed by atoms with van der Waals surface area (Å²) in [5.74, 6) is 0.677. The SMILES string of the molecule is COc1ccc(NC(=O)CN2C(=O)S/C(=C/c3ccc(OCc4cccc5ccccc45)c(OC)c3)C2=O)cc1. The van der Waals surface area contributed by atoms with E-state index in [1.807, 2.05) is 24.3 Å². The fourth-order valence-corrected chi connectivity index (χ4v) is 5.11. The number of nitrogens with zero attached hydrogens (tertiary/aromatic N) is 1. The van der Waals surface area contributed by atoms with Gasteiger partial charge in [-0.3, -0.25) is 19.3 Å². The van der Waals surface area contributed by atoms with Crippen molar-refractivity contribution in [3.63, 3.8) is 0 Å². The number of ether oxygens (including phenoxy) is 3. The largest absolute Gasteiger partial charge is 0.497 e. The van der Waals surface area contributed by atoms with Gasteiger partial charge in [0.25, 0.3) is 11.1 Å². The number of carbonyl (C=O) groups is 3. The molecule has 8 nitrogen and oxygen atoms in total. The lowest BCUT2D eigenvalue weighted by Gasteiger charge is -2.13. The number of thioether (sulfide) groups is 1. The number of carbonyl (C=O) groups excluding carboxylic acids is 3. The molecule has 0 unspecified atom stereocenters. The average molecular weight is 555 g/mol. The molecular formula is C31H26N2O6S. The molecular weight excluding hydrogens is 528 g/mol. The van der Waals surface area contributed by atoms with Crippen molar-refractivity contribution in [1.82, 2.24) is 4.90 Å². The first kappa shape index (κ1) is 26.8. The van der Waals surface area contributed by atoms with Crippen LogP contribution in [-0.4, -0.2) is 42.7 Å². The van der Waals surface area contributed by atoms with Crippen LogP contribution in [0.25, 0.3) is 16.8 Å². The van der Waals surface area contributed by atoms with E-state index in [1.165, 1.54) is 0 Å². The van der Waals surface area contributed by atoms with E-state index < -0.39 is 23.6 Å². The fraction of sp³-hybridized carbons (Fsp3) is 0.129. The number of benzene rings is 4. The molecule has 0 saturated carbocycles. The Kier molecular flexibility index (Phi) is 8.02. The maximum atomic E-state index is 12.9. The molecule has 1 fully saturated rings. The molecule has 5 rings (SSSR count). The molecule has 1 saturated heterocycles. The molecule has 1 heterocycles. The first-order valence-corrected chi connectivity index (χ1v) is 13.2. The molecule has 40 heavy (non-hydrogen) atoms. The molecule has 0 radical (unpaired) electrons. The summed E-state index contributed by atoms with van der Waals surface area (Å²) in [6, 6.07) is 26.2. The zero-order valence-electron chi connectivity index (χ0n) is 21.9. The molecule has 1 aliphatic rings. The molecule has 4 aromatic carbocycles. The van der Waals surface area contributed by atoms with E-state index in [4.69, 9.17) is 14.2 Å². The van der Waals surface area contributed by atoms with Crippen molar-refractivity contribution in [2.75, 3.05) is 26.1 Å². The molecule has 3 amide bonds. The zero-order valence-corrected chi connectivity index (χ0v) is 22.7. The summed E-state index contributed by atoms with van der Waals surface area (Å²) in [5, 5.41) is 4.43. The van der Waals surface area contributed by atoms with E-state index >= 15 is 0 Å². The number of methoxy groups -OCH3 is 2. The maximum Gasteiger partial charge on any atom is 0.294 e. The van der Waals surface area contributed by atoms with Gasteiger partial charge >= 0.3 is 0 Å². The van der Waals surface area contributed by atoms with Gasteiger partial charge in [-0.25, -0.2) is 0 Å². The van der Waals surface area contributed by atoms with Crippen LogP contribution in [-0.2, 0) is 16.2 Å². The van der Waals surface area contributed by atoms with E-state index in [2.05, 4.69) is 23.5 Å². The highest BCUT2D eigenvalue weighted by molar-refractivity contribution is 8.18. The summed E-state index contributed by atoms with van der Waals surface area (Å²) in [5.41, 5.74) is 2.24. The Balaban J connectivity index is 1.25. The van der Waals surface area contributed by atoms with Crippen LogP contribution in [0.5, 0.6) is 17.2 Å². The Morgan fingerprint density at radius 2 is 1.68 bits per heavy atom. The molecule has 4 aromatic rings. The Hall–Kier alpha value is -4.76. The van der Waals surface area contributed by atoms with Crippen LogP contribution >= 0.6 is 11.8 Å². The van der Waals surface area contributed by atoms with Gasteiger partial charge in [0.1, 0.15) is 18.9 Å². The van der Waals surface area contributed by atoms with Crippen LogP contribution in [0.3, 0.4) is 0 Å². The van der Waals surface area contributed by atoms with Crippen molar-refractivity contribution in [3.05, 3.63) is 101 Å². The molecule has 9 heteroatoms. The van der Waals surface area contributed by atoms with Gasteiger partial charge in [-0.05, 0) is 76.1 Å². The minimum absolute atomic E-state index is 0.216. The number of rotatable bonds is 9. The number of amides is 3. The van der Waals surface area contributed by atoms with Crippen LogP contribution < -0.4 is 19.5 Å². The lowest BCUT2D eigenvalue weighted by molar-refractivity contribution is -0.127. The van der Waals surface area contributed by atoms with Crippen molar-refractivity contribution >= 4 is 51.4 Å². The van der Waals surface area contributed by atoms with Crippen LogP contribution in [0.2, 0.25) is 0 Å². The van der Waals surface area contributed by atoms with E-state index in [0.29, 0.717) is 35.1 Å². The van der Waals surface area contributed by atoms with Gasteiger partial charge < -0.3 is 19.5 Å². The normalized spacial score (nSPS) is 14.1. The molecule has 0 aromatic heterocycles. The molecule has 1 aliphatic heterocycles. The molecule has 0 spiro atoms. The quantitative estimate of drug-likeness (QED) is 0.250. The van der Waals surface area contributed by atoms with Crippen molar-refractivity contribution in [2.24, 2.45) is 0 Å². The lowest BCUT2D eigenvalue weighted by atomic mass is 10.1. The smallest absolute Gasteiger partial charge is 0.294 e. The monoisotopic (exact) mass is 554 g/mol. The van der Waals surface area contributed by atoms with Crippen molar-refractivity contribution < 1.29 is 28.6 Å². The Morgan fingerprint density at radius 1 is 0.900 bits per heavy atom. The first-order chi connectivity index (χ1) is 19.4. The minimum atomic E-state index is -0.532. The summed E-state index contributed by atoms with van der Waals surface area (Å²) in [6.07, 6.45) is 1.60. The molecule has 0 aliphatic carbocycles. The van der Waals surface area contributed by atoms with E-state index in [0.717, 1.165) is 33.0 Å². The lowest BCUT2D eigenvalue weighted by Crippen LogP contribution is -2.36. The van der Waals surface area contributed by atoms with Crippen molar-refractivity contribution in [2.45, 2.75) is 6.61 Å². The highest BCUT2D eigenvalue weighted by Gasteiger charge is 2.36. The maximum absolute atomic E-state index is 12.9. The second-order valence-corrected chi connectivity index (χ2v) is 9.87. The standard InChI is InChI=1S/C31H26N2O6S/c1-37-24-13-11-23(12-14-24)32-29(34)18-33-30(35)28(40-31(33)36)17-20-10-15-26(27(16-20)38-2)39-19-22-8-5-7-21-6-3-4-9-25(21)22/h3-17H,18-19H2,1-2H3,(H,32,34)/b28-17+. The third kappa shape index (κ3) is 5.94. The van der Waals surface area contributed by atoms with Gasteiger partial charge in [0, 0.05) is 5.69 Å². The Labute approximate surface area is 235 Å². The molecule has 0 bridgehead atoms.